The molecule has 0 aliphatic rings. The van der Waals surface area contributed by atoms with Gasteiger partial charge in [0.2, 0.25) is 0 Å². The number of carbonyl (C=O) groups excluding carboxylic acids is 1. The van der Waals surface area contributed by atoms with E-state index in [1.54, 1.807) is 6.07 Å². The van der Waals surface area contributed by atoms with Crippen molar-refractivity contribution in [3.05, 3.63) is 28.5 Å². The SMILES string of the molecule is CN(CC(F)F)C(=O)c1ccc(Br)nc1. The Labute approximate surface area is 94.2 Å². The maximum Gasteiger partial charge on any atom is 0.255 e. The molecule has 0 bridgehead atoms. The lowest BCUT2D eigenvalue weighted by molar-refractivity contribution is 0.0620. The van der Waals surface area contributed by atoms with E-state index < -0.39 is 18.9 Å². The zero-order valence-electron chi connectivity index (χ0n) is 7.95. The Morgan fingerprint density at radius 1 is 1.60 bits per heavy atom. The molecule has 0 radical (unpaired) electrons. The molecule has 3 nitrogen and oxygen atoms in total. The summed E-state index contributed by atoms with van der Waals surface area (Å²) in [6.45, 7) is -0.575. The minimum absolute atomic E-state index is 0.293. The maximum atomic E-state index is 12.0. The molecule has 1 heterocycles. The lowest BCUT2D eigenvalue weighted by atomic mass is 10.2. The van der Waals surface area contributed by atoms with Crippen LogP contribution in [-0.2, 0) is 0 Å². The average Bonchev–Trinajstić information content (AvgIpc) is 2.17. The van der Waals surface area contributed by atoms with Gasteiger partial charge in [-0.25, -0.2) is 13.8 Å². The summed E-state index contributed by atoms with van der Waals surface area (Å²) < 4.78 is 24.6. The molecule has 0 N–H and O–H groups in total. The molecule has 0 aliphatic carbocycles. The summed E-state index contributed by atoms with van der Waals surface area (Å²) in [5.41, 5.74) is 0.293. The Hall–Kier alpha value is -1.04. The van der Waals surface area contributed by atoms with Crippen LogP contribution in [0.2, 0.25) is 0 Å². The number of amides is 1. The van der Waals surface area contributed by atoms with Crippen molar-refractivity contribution < 1.29 is 13.6 Å². The zero-order chi connectivity index (χ0) is 11.4. The van der Waals surface area contributed by atoms with Crippen LogP contribution < -0.4 is 0 Å². The third kappa shape index (κ3) is 3.54. The molecule has 0 spiro atoms. The summed E-state index contributed by atoms with van der Waals surface area (Å²) in [4.78, 5) is 16.3. The van der Waals surface area contributed by atoms with Crippen LogP contribution in [0, 0.1) is 0 Å². The highest BCUT2D eigenvalue weighted by Gasteiger charge is 2.15. The first-order valence-electron chi connectivity index (χ1n) is 4.16. The Kier molecular flexibility index (Phi) is 4.14. The van der Waals surface area contributed by atoms with Gasteiger partial charge in [0.1, 0.15) is 4.60 Å². The largest absolute Gasteiger partial charge is 0.336 e. The number of rotatable bonds is 3. The molecule has 0 unspecified atom stereocenters. The van der Waals surface area contributed by atoms with Gasteiger partial charge in [-0.3, -0.25) is 4.79 Å². The van der Waals surface area contributed by atoms with Gasteiger partial charge in [-0.2, -0.15) is 0 Å². The third-order valence-electron chi connectivity index (χ3n) is 1.73. The second-order valence-corrected chi connectivity index (χ2v) is 3.76. The van der Waals surface area contributed by atoms with E-state index in [0.717, 1.165) is 4.90 Å². The van der Waals surface area contributed by atoms with Gasteiger partial charge in [0.25, 0.3) is 12.3 Å². The molecule has 15 heavy (non-hydrogen) atoms. The highest BCUT2D eigenvalue weighted by molar-refractivity contribution is 9.10. The normalized spacial score (nSPS) is 10.5. The fourth-order valence-corrected chi connectivity index (χ4v) is 1.25. The van der Waals surface area contributed by atoms with Crippen LogP contribution in [0.15, 0.2) is 22.9 Å². The molecular weight excluding hydrogens is 270 g/mol. The first-order chi connectivity index (χ1) is 7.00. The second kappa shape index (κ2) is 5.16. The van der Waals surface area contributed by atoms with Gasteiger partial charge in [0, 0.05) is 13.2 Å². The maximum absolute atomic E-state index is 12.0. The first kappa shape index (κ1) is 12.0. The lowest BCUT2D eigenvalue weighted by Gasteiger charge is -2.16. The van der Waals surface area contributed by atoms with Crippen molar-refractivity contribution in [2.24, 2.45) is 0 Å². The Balaban J connectivity index is 2.72. The molecule has 0 atom stereocenters. The van der Waals surface area contributed by atoms with Crippen LogP contribution in [0.5, 0.6) is 0 Å². The van der Waals surface area contributed by atoms with E-state index in [0.29, 0.717) is 10.2 Å². The molecule has 1 aromatic rings. The smallest absolute Gasteiger partial charge is 0.255 e. The number of aromatic nitrogens is 1. The number of carbonyl (C=O) groups is 1. The summed E-state index contributed by atoms with van der Waals surface area (Å²) in [7, 11) is 1.33. The Bertz CT molecular complexity index is 342. The quantitative estimate of drug-likeness (QED) is 0.794. The molecule has 0 saturated heterocycles. The highest BCUT2D eigenvalue weighted by Crippen LogP contribution is 2.09. The monoisotopic (exact) mass is 278 g/mol. The molecule has 0 aromatic carbocycles. The van der Waals surface area contributed by atoms with Gasteiger partial charge in [-0.15, -0.1) is 0 Å². The van der Waals surface area contributed by atoms with E-state index in [2.05, 4.69) is 20.9 Å². The summed E-state index contributed by atoms with van der Waals surface area (Å²) in [6, 6.07) is 3.12. The number of pyridine rings is 1. The molecule has 6 heteroatoms. The Morgan fingerprint density at radius 2 is 2.27 bits per heavy atom. The van der Waals surface area contributed by atoms with Gasteiger partial charge in [0.05, 0.1) is 12.1 Å². The standard InChI is InChI=1S/C9H9BrF2N2O/c1-14(5-8(11)12)9(15)6-2-3-7(10)13-4-6/h2-4,8H,5H2,1H3. The van der Waals surface area contributed by atoms with Crippen LogP contribution in [0.25, 0.3) is 0 Å². The van der Waals surface area contributed by atoms with Crippen molar-refractivity contribution in [1.82, 2.24) is 9.88 Å². The summed E-state index contributed by atoms with van der Waals surface area (Å²) >= 11 is 3.12. The molecule has 1 amide bonds. The summed E-state index contributed by atoms with van der Waals surface area (Å²) in [5, 5.41) is 0. The predicted octanol–water partition coefficient (Wildman–Crippen LogP) is 2.18. The van der Waals surface area contributed by atoms with E-state index in [-0.39, 0.29) is 0 Å². The van der Waals surface area contributed by atoms with Crippen molar-refractivity contribution in [1.29, 1.82) is 0 Å². The van der Waals surface area contributed by atoms with Crippen LogP contribution in [0.1, 0.15) is 10.4 Å². The number of hydrogen-bond acceptors (Lipinski definition) is 2. The molecule has 1 rings (SSSR count). The number of halogens is 3. The number of alkyl halides is 2. The minimum atomic E-state index is -2.53. The van der Waals surface area contributed by atoms with Crippen molar-refractivity contribution in [3.63, 3.8) is 0 Å². The average molecular weight is 279 g/mol. The van der Waals surface area contributed by atoms with Gasteiger partial charge in [-0.05, 0) is 28.1 Å². The van der Waals surface area contributed by atoms with E-state index in [9.17, 15) is 13.6 Å². The van der Waals surface area contributed by atoms with Gasteiger partial charge in [-0.1, -0.05) is 0 Å². The van der Waals surface area contributed by atoms with Crippen molar-refractivity contribution in [2.45, 2.75) is 6.43 Å². The van der Waals surface area contributed by atoms with Crippen LogP contribution in [0.4, 0.5) is 8.78 Å². The van der Waals surface area contributed by atoms with Crippen LogP contribution in [-0.4, -0.2) is 35.8 Å². The van der Waals surface area contributed by atoms with Gasteiger partial charge in [0.15, 0.2) is 0 Å². The second-order valence-electron chi connectivity index (χ2n) is 2.95. The fraction of sp³-hybridized carbons (Fsp3) is 0.333. The first-order valence-corrected chi connectivity index (χ1v) is 4.95. The number of nitrogens with zero attached hydrogens (tertiary/aromatic N) is 2. The molecule has 1 aromatic heterocycles. The van der Waals surface area contributed by atoms with E-state index >= 15 is 0 Å². The molecule has 0 saturated carbocycles. The van der Waals surface area contributed by atoms with Crippen molar-refractivity contribution >= 4 is 21.8 Å². The van der Waals surface area contributed by atoms with Crippen molar-refractivity contribution in [3.8, 4) is 0 Å². The fourth-order valence-electron chi connectivity index (χ4n) is 1.01. The summed E-state index contributed by atoms with van der Waals surface area (Å²) in [5.74, 6) is -0.463. The molecule has 0 fully saturated rings. The third-order valence-corrected chi connectivity index (χ3v) is 2.20. The lowest BCUT2D eigenvalue weighted by Crippen LogP contribution is -2.31. The zero-order valence-corrected chi connectivity index (χ0v) is 9.54. The van der Waals surface area contributed by atoms with Crippen LogP contribution >= 0.6 is 15.9 Å². The minimum Gasteiger partial charge on any atom is -0.336 e. The molecule has 82 valence electrons. The summed E-state index contributed by atoms with van der Waals surface area (Å²) in [6.07, 6.45) is -1.18. The molecular formula is C9H9BrF2N2O. The topological polar surface area (TPSA) is 33.2 Å². The van der Waals surface area contributed by atoms with Crippen molar-refractivity contribution in [2.75, 3.05) is 13.6 Å². The molecule has 0 aliphatic heterocycles. The van der Waals surface area contributed by atoms with E-state index in [1.165, 1.54) is 19.3 Å². The Morgan fingerprint density at radius 3 is 2.73 bits per heavy atom. The van der Waals surface area contributed by atoms with Crippen LogP contribution in [0.3, 0.4) is 0 Å². The van der Waals surface area contributed by atoms with Gasteiger partial charge >= 0.3 is 0 Å². The highest BCUT2D eigenvalue weighted by atomic mass is 79.9. The van der Waals surface area contributed by atoms with E-state index in [4.69, 9.17) is 0 Å². The predicted molar refractivity (Wildman–Crippen MR) is 54.9 cm³/mol. The van der Waals surface area contributed by atoms with Gasteiger partial charge < -0.3 is 4.90 Å². The number of hydrogen-bond donors (Lipinski definition) is 0. The van der Waals surface area contributed by atoms with E-state index in [1.807, 2.05) is 0 Å².